The first-order valence-corrected chi connectivity index (χ1v) is 6.75. The van der Waals surface area contributed by atoms with Gasteiger partial charge in [-0.05, 0) is 24.3 Å². The van der Waals surface area contributed by atoms with Crippen molar-refractivity contribution in [3.8, 4) is 0 Å². The Bertz CT molecular complexity index is 868. The molecular formula is C16H11ClN2O2. The third-order valence-electron chi connectivity index (χ3n) is 3.18. The van der Waals surface area contributed by atoms with Crippen LogP contribution in [0.1, 0.15) is 27.9 Å². The van der Waals surface area contributed by atoms with Gasteiger partial charge >= 0.3 is 0 Å². The molecule has 0 aliphatic carbocycles. The molecule has 0 bridgehead atoms. The monoisotopic (exact) mass is 298 g/mol. The molecule has 4 nitrogen and oxygen atoms in total. The Kier molecular flexibility index (Phi) is 3.31. The Morgan fingerprint density at radius 3 is 2.43 bits per heavy atom. The SMILES string of the molecule is CC(=O)c1nc2ccccc2n1C(=O)c1ccccc1Cl. The Balaban J connectivity index is 2.29. The number of carbonyl (C=O) groups excluding carboxylic acids is 2. The van der Waals surface area contributed by atoms with Gasteiger partial charge in [0, 0.05) is 6.92 Å². The summed E-state index contributed by atoms with van der Waals surface area (Å²) >= 11 is 6.08. The van der Waals surface area contributed by atoms with Crippen molar-refractivity contribution in [2.75, 3.05) is 0 Å². The number of hydrogen-bond donors (Lipinski definition) is 0. The zero-order valence-corrected chi connectivity index (χ0v) is 12.0. The summed E-state index contributed by atoms with van der Waals surface area (Å²) in [6.07, 6.45) is 0. The summed E-state index contributed by atoms with van der Waals surface area (Å²) < 4.78 is 1.32. The van der Waals surface area contributed by atoms with E-state index in [2.05, 4.69) is 4.98 Å². The number of nitrogens with zero attached hydrogens (tertiary/aromatic N) is 2. The lowest BCUT2D eigenvalue weighted by Crippen LogP contribution is -2.17. The van der Waals surface area contributed by atoms with E-state index in [1.165, 1.54) is 11.5 Å². The van der Waals surface area contributed by atoms with Gasteiger partial charge in [-0.15, -0.1) is 0 Å². The molecule has 5 heteroatoms. The summed E-state index contributed by atoms with van der Waals surface area (Å²) in [6.45, 7) is 1.39. The molecule has 0 unspecified atom stereocenters. The molecule has 0 N–H and O–H groups in total. The topological polar surface area (TPSA) is 52.0 Å². The van der Waals surface area contributed by atoms with Crippen molar-refractivity contribution in [1.29, 1.82) is 0 Å². The standard InChI is InChI=1S/C16H11ClN2O2/c1-10(20)15-18-13-8-4-5-9-14(13)19(15)16(21)11-6-2-3-7-12(11)17/h2-9H,1H3. The van der Waals surface area contributed by atoms with E-state index in [0.717, 1.165) is 0 Å². The lowest BCUT2D eigenvalue weighted by Gasteiger charge is -2.07. The van der Waals surface area contributed by atoms with Crippen LogP contribution in [0.4, 0.5) is 0 Å². The summed E-state index contributed by atoms with van der Waals surface area (Å²) in [4.78, 5) is 28.8. The second kappa shape index (κ2) is 5.14. The molecule has 0 saturated heterocycles. The average molecular weight is 299 g/mol. The fourth-order valence-corrected chi connectivity index (χ4v) is 2.44. The maximum atomic E-state index is 12.8. The summed E-state index contributed by atoms with van der Waals surface area (Å²) in [5.74, 6) is -0.521. The number of para-hydroxylation sites is 2. The molecule has 1 aromatic heterocycles. The first-order valence-electron chi connectivity index (χ1n) is 6.37. The minimum Gasteiger partial charge on any atom is -0.291 e. The van der Waals surface area contributed by atoms with E-state index in [1.807, 2.05) is 6.07 Å². The molecule has 2 aromatic carbocycles. The Morgan fingerprint density at radius 2 is 1.71 bits per heavy atom. The molecule has 1 heterocycles. The van der Waals surface area contributed by atoms with Crippen LogP contribution in [0.5, 0.6) is 0 Å². The molecule has 3 aromatic rings. The zero-order valence-electron chi connectivity index (χ0n) is 11.2. The molecule has 3 rings (SSSR count). The zero-order chi connectivity index (χ0) is 15.0. The van der Waals surface area contributed by atoms with Gasteiger partial charge in [0.15, 0.2) is 11.6 Å². The van der Waals surface area contributed by atoms with Crippen LogP contribution in [-0.4, -0.2) is 21.2 Å². The first-order chi connectivity index (χ1) is 10.1. The highest BCUT2D eigenvalue weighted by molar-refractivity contribution is 6.34. The molecule has 0 radical (unpaired) electrons. The van der Waals surface area contributed by atoms with Gasteiger partial charge in [-0.25, -0.2) is 4.98 Å². The molecule has 0 aliphatic heterocycles. The Hall–Kier alpha value is -2.46. The third-order valence-corrected chi connectivity index (χ3v) is 3.51. The second-order valence-corrected chi connectivity index (χ2v) is 5.01. The van der Waals surface area contributed by atoms with E-state index in [-0.39, 0.29) is 17.5 Å². The minimum atomic E-state index is -0.362. The molecule has 0 aliphatic rings. The molecule has 104 valence electrons. The van der Waals surface area contributed by atoms with Crippen molar-refractivity contribution in [2.24, 2.45) is 0 Å². The number of imidazole rings is 1. The van der Waals surface area contributed by atoms with Gasteiger partial charge in [-0.2, -0.15) is 0 Å². The van der Waals surface area contributed by atoms with Crippen LogP contribution in [-0.2, 0) is 0 Å². The summed E-state index contributed by atoms with van der Waals surface area (Å²) in [5.41, 5.74) is 1.53. The average Bonchev–Trinajstić information content (AvgIpc) is 2.86. The number of Topliss-reactive ketones (excluding diaryl/α,β-unsaturated/α-hetero) is 1. The predicted octanol–water partition coefficient (Wildman–Crippen LogP) is 3.58. The van der Waals surface area contributed by atoms with E-state index in [4.69, 9.17) is 11.6 Å². The molecule has 0 amide bonds. The van der Waals surface area contributed by atoms with Crippen molar-refractivity contribution in [3.63, 3.8) is 0 Å². The fraction of sp³-hybridized carbons (Fsp3) is 0.0625. The molecule has 0 saturated carbocycles. The van der Waals surface area contributed by atoms with Crippen molar-refractivity contribution >= 4 is 34.3 Å². The number of hydrogen-bond acceptors (Lipinski definition) is 3. The lowest BCUT2D eigenvalue weighted by atomic mass is 10.2. The highest BCUT2D eigenvalue weighted by atomic mass is 35.5. The normalized spacial score (nSPS) is 10.8. The van der Waals surface area contributed by atoms with E-state index < -0.39 is 0 Å². The third kappa shape index (κ3) is 2.23. The van der Waals surface area contributed by atoms with Crippen LogP contribution in [0.3, 0.4) is 0 Å². The molecule has 0 fully saturated rings. The largest absolute Gasteiger partial charge is 0.291 e. The van der Waals surface area contributed by atoms with Crippen LogP contribution >= 0.6 is 11.6 Å². The van der Waals surface area contributed by atoms with Gasteiger partial charge in [0.1, 0.15) is 0 Å². The number of ketones is 1. The first kappa shape index (κ1) is 13.5. The van der Waals surface area contributed by atoms with Crippen molar-refractivity contribution in [1.82, 2.24) is 9.55 Å². The molecular weight excluding hydrogens is 288 g/mol. The van der Waals surface area contributed by atoms with E-state index >= 15 is 0 Å². The maximum absolute atomic E-state index is 12.8. The van der Waals surface area contributed by atoms with Gasteiger partial charge in [0.25, 0.3) is 5.91 Å². The molecule has 21 heavy (non-hydrogen) atoms. The van der Waals surface area contributed by atoms with Crippen molar-refractivity contribution < 1.29 is 9.59 Å². The number of aromatic nitrogens is 2. The van der Waals surface area contributed by atoms with Gasteiger partial charge in [-0.1, -0.05) is 35.9 Å². The van der Waals surface area contributed by atoms with E-state index in [0.29, 0.717) is 21.6 Å². The van der Waals surface area contributed by atoms with Gasteiger partial charge in [-0.3, -0.25) is 14.2 Å². The Morgan fingerprint density at radius 1 is 1.05 bits per heavy atom. The number of halogens is 1. The number of carbonyl (C=O) groups is 2. The summed E-state index contributed by atoms with van der Waals surface area (Å²) in [6, 6.07) is 13.9. The van der Waals surface area contributed by atoms with Crippen LogP contribution < -0.4 is 0 Å². The highest BCUT2D eigenvalue weighted by Crippen LogP contribution is 2.22. The van der Waals surface area contributed by atoms with E-state index in [9.17, 15) is 9.59 Å². The quantitative estimate of drug-likeness (QED) is 0.679. The summed E-state index contributed by atoms with van der Waals surface area (Å²) in [7, 11) is 0. The van der Waals surface area contributed by atoms with Gasteiger partial charge < -0.3 is 0 Å². The second-order valence-electron chi connectivity index (χ2n) is 4.60. The predicted molar refractivity (Wildman–Crippen MR) is 80.9 cm³/mol. The number of benzene rings is 2. The smallest absolute Gasteiger partial charge is 0.265 e. The van der Waals surface area contributed by atoms with Crippen LogP contribution in [0.2, 0.25) is 5.02 Å². The molecule has 0 atom stereocenters. The minimum absolute atomic E-state index is 0.112. The van der Waals surface area contributed by atoms with Crippen LogP contribution in [0, 0.1) is 0 Å². The van der Waals surface area contributed by atoms with Crippen molar-refractivity contribution in [2.45, 2.75) is 6.92 Å². The van der Waals surface area contributed by atoms with Gasteiger partial charge in [0.2, 0.25) is 0 Å². The van der Waals surface area contributed by atoms with E-state index in [1.54, 1.807) is 42.5 Å². The van der Waals surface area contributed by atoms with Gasteiger partial charge in [0.05, 0.1) is 21.6 Å². The summed E-state index contributed by atoms with van der Waals surface area (Å²) in [5, 5.41) is 0.342. The number of rotatable bonds is 2. The lowest BCUT2D eigenvalue weighted by molar-refractivity contribution is 0.0928. The maximum Gasteiger partial charge on any atom is 0.265 e. The van der Waals surface area contributed by atoms with Crippen LogP contribution in [0.25, 0.3) is 11.0 Å². The molecule has 0 spiro atoms. The van der Waals surface area contributed by atoms with Crippen LogP contribution in [0.15, 0.2) is 48.5 Å². The number of fused-ring (bicyclic) bond motifs is 1. The highest BCUT2D eigenvalue weighted by Gasteiger charge is 2.21. The van der Waals surface area contributed by atoms with Crippen molar-refractivity contribution in [3.05, 3.63) is 64.9 Å². The Labute approximate surface area is 126 Å². The fourth-order valence-electron chi connectivity index (χ4n) is 2.22.